The van der Waals surface area contributed by atoms with Crippen molar-refractivity contribution in [3.05, 3.63) is 35.9 Å². The minimum absolute atomic E-state index is 0.121. The number of hydrogen-bond donors (Lipinski definition) is 1. The fourth-order valence-electron chi connectivity index (χ4n) is 1.26. The zero-order valence-electron chi connectivity index (χ0n) is 8.12. The van der Waals surface area contributed by atoms with Gasteiger partial charge in [0.15, 0.2) is 0 Å². The van der Waals surface area contributed by atoms with Crippen molar-refractivity contribution in [3.8, 4) is 12.3 Å². The van der Waals surface area contributed by atoms with Crippen molar-refractivity contribution < 1.29 is 0 Å². The topological polar surface area (TPSA) is 12.0 Å². The molecule has 13 heavy (non-hydrogen) atoms. The Morgan fingerprint density at radius 2 is 1.85 bits per heavy atom. The van der Waals surface area contributed by atoms with Crippen LogP contribution in [0.15, 0.2) is 30.3 Å². The summed E-state index contributed by atoms with van der Waals surface area (Å²) in [6.07, 6.45) is 5.29. The largest absolute Gasteiger partial charge is 0.297 e. The lowest BCUT2D eigenvalue weighted by Gasteiger charge is -2.16. The van der Waals surface area contributed by atoms with Crippen LogP contribution >= 0.6 is 0 Å². The van der Waals surface area contributed by atoms with Crippen molar-refractivity contribution >= 4 is 0 Å². The highest BCUT2D eigenvalue weighted by molar-refractivity contribution is 5.18. The van der Waals surface area contributed by atoms with Crippen LogP contribution in [0, 0.1) is 12.3 Å². The Balaban J connectivity index is 2.60. The van der Waals surface area contributed by atoms with Crippen LogP contribution in [0.2, 0.25) is 0 Å². The summed E-state index contributed by atoms with van der Waals surface area (Å²) in [4.78, 5) is 0. The molecule has 0 bridgehead atoms. The monoisotopic (exact) mass is 173 g/mol. The van der Waals surface area contributed by atoms with E-state index in [1.165, 1.54) is 5.56 Å². The normalized spacial score (nSPS) is 14.5. The summed E-state index contributed by atoms with van der Waals surface area (Å²) in [5, 5.41) is 3.31. The molecule has 0 saturated heterocycles. The number of terminal acetylenes is 1. The SMILES string of the molecule is C#C[C@@H](C)N[C@@H](C)c1ccccc1. The van der Waals surface area contributed by atoms with Gasteiger partial charge in [-0.25, -0.2) is 0 Å². The van der Waals surface area contributed by atoms with Crippen LogP contribution in [0.25, 0.3) is 0 Å². The average molecular weight is 173 g/mol. The fourth-order valence-corrected chi connectivity index (χ4v) is 1.26. The minimum Gasteiger partial charge on any atom is -0.297 e. The summed E-state index contributed by atoms with van der Waals surface area (Å²) in [6.45, 7) is 4.10. The van der Waals surface area contributed by atoms with E-state index < -0.39 is 0 Å². The van der Waals surface area contributed by atoms with Gasteiger partial charge in [0.1, 0.15) is 0 Å². The molecule has 0 aliphatic carbocycles. The summed E-state index contributed by atoms with van der Waals surface area (Å²) in [5.41, 5.74) is 1.27. The highest BCUT2D eigenvalue weighted by atomic mass is 14.9. The molecule has 1 aromatic carbocycles. The maximum absolute atomic E-state index is 5.29. The Hall–Kier alpha value is -1.26. The van der Waals surface area contributed by atoms with Crippen molar-refractivity contribution in [3.63, 3.8) is 0 Å². The molecule has 1 rings (SSSR count). The molecule has 0 amide bonds. The standard InChI is InChI=1S/C12H15N/c1-4-10(2)13-11(3)12-8-6-5-7-9-12/h1,5-11,13H,2-3H3/t10-,11+/m1/s1. The van der Waals surface area contributed by atoms with E-state index in [9.17, 15) is 0 Å². The van der Waals surface area contributed by atoms with Crippen LogP contribution in [-0.4, -0.2) is 6.04 Å². The second kappa shape index (κ2) is 4.69. The third-order valence-electron chi connectivity index (χ3n) is 2.05. The molecule has 0 spiro atoms. The van der Waals surface area contributed by atoms with E-state index >= 15 is 0 Å². The minimum atomic E-state index is 0.121. The molecular formula is C12H15N. The van der Waals surface area contributed by atoms with Gasteiger partial charge in [-0.15, -0.1) is 6.42 Å². The molecular weight excluding hydrogens is 158 g/mol. The number of benzene rings is 1. The lowest BCUT2D eigenvalue weighted by molar-refractivity contribution is 0.546. The van der Waals surface area contributed by atoms with Crippen LogP contribution in [0.3, 0.4) is 0 Å². The maximum Gasteiger partial charge on any atom is 0.0662 e. The van der Waals surface area contributed by atoms with Crippen molar-refractivity contribution in [1.29, 1.82) is 0 Å². The number of hydrogen-bond acceptors (Lipinski definition) is 1. The van der Waals surface area contributed by atoms with Gasteiger partial charge >= 0.3 is 0 Å². The lowest BCUT2D eigenvalue weighted by Crippen LogP contribution is -2.27. The first-order valence-corrected chi connectivity index (χ1v) is 4.51. The van der Waals surface area contributed by atoms with E-state index in [2.05, 4.69) is 30.3 Å². The molecule has 0 aliphatic rings. The summed E-state index contributed by atoms with van der Waals surface area (Å²) in [6, 6.07) is 10.7. The Bertz CT molecular complexity index is 284. The van der Waals surface area contributed by atoms with Gasteiger partial charge < -0.3 is 0 Å². The Kier molecular flexibility index (Phi) is 3.54. The van der Waals surface area contributed by atoms with E-state index in [4.69, 9.17) is 6.42 Å². The molecule has 0 heterocycles. The van der Waals surface area contributed by atoms with Gasteiger partial charge in [0.25, 0.3) is 0 Å². The second-order valence-corrected chi connectivity index (χ2v) is 3.19. The summed E-state index contributed by atoms with van der Waals surface area (Å²) in [7, 11) is 0. The zero-order valence-corrected chi connectivity index (χ0v) is 8.12. The van der Waals surface area contributed by atoms with E-state index in [0.717, 1.165) is 0 Å². The predicted octanol–water partition coefficient (Wildman–Crippen LogP) is 2.36. The fraction of sp³-hybridized carbons (Fsp3) is 0.333. The first kappa shape index (κ1) is 9.83. The van der Waals surface area contributed by atoms with Crippen LogP contribution in [0.1, 0.15) is 25.5 Å². The van der Waals surface area contributed by atoms with Gasteiger partial charge in [-0.3, -0.25) is 5.32 Å². The quantitative estimate of drug-likeness (QED) is 0.692. The third-order valence-corrected chi connectivity index (χ3v) is 2.05. The average Bonchev–Trinajstić information content (AvgIpc) is 2.19. The second-order valence-electron chi connectivity index (χ2n) is 3.19. The summed E-state index contributed by atoms with van der Waals surface area (Å²) < 4.78 is 0. The third kappa shape index (κ3) is 2.93. The van der Waals surface area contributed by atoms with Gasteiger partial charge in [-0.2, -0.15) is 0 Å². The highest BCUT2D eigenvalue weighted by Gasteiger charge is 2.05. The molecule has 0 saturated carbocycles. The Labute approximate surface area is 80.2 Å². The Morgan fingerprint density at radius 1 is 1.23 bits per heavy atom. The van der Waals surface area contributed by atoms with Crippen molar-refractivity contribution in [2.24, 2.45) is 0 Å². The summed E-state index contributed by atoms with van der Waals surface area (Å²) in [5.74, 6) is 2.65. The van der Waals surface area contributed by atoms with E-state index in [0.29, 0.717) is 6.04 Å². The number of nitrogens with one attached hydrogen (secondary N) is 1. The van der Waals surface area contributed by atoms with E-state index in [1.807, 2.05) is 25.1 Å². The molecule has 1 heteroatoms. The molecule has 1 N–H and O–H groups in total. The summed E-state index contributed by atoms with van der Waals surface area (Å²) >= 11 is 0. The molecule has 0 aromatic heterocycles. The van der Waals surface area contributed by atoms with Crippen LogP contribution in [0.4, 0.5) is 0 Å². The molecule has 1 nitrogen and oxygen atoms in total. The van der Waals surface area contributed by atoms with Gasteiger partial charge in [0.05, 0.1) is 6.04 Å². The van der Waals surface area contributed by atoms with Crippen molar-refractivity contribution in [2.45, 2.75) is 25.9 Å². The van der Waals surface area contributed by atoms with Crippen LogP contribution < -0.4 is 5.32 Å². The first-order valence-electron chi connectivity index (χ1n) is 4.51. The van der Waals surface area contributed by atoms with Crippen molar-refractivity contribution in [1.82, 2.24) is 5.32 Å². The maximum atomic E-state index is 5.29. The van der Waals surface area contributed by atoms with Crippen LogP contribution in [-0.2, 0) is 0 Å². The smallest absolute Gasteiger partial charge is 0.0662 e. The highest BCUT2D eigenvalue weighted by Crippen LogP contribution is 2.11. The molecule has 68 valence electrons. The predicted molar refractivity (Wildman–Crippen MR) is 56.3 cm³/mol. The van der Waals surface area contributed by atoms with Gasteiger partial charge in [0, 0.05) is 6.04 Å². The first-order chi connectivity index (χ1) is 6.24. The molecule has 0 aliphatic heterocycles. The Morgan fingerprint density at radius 3 is 2.38 bits per heavy atom. The number of rotatable bonds is 3. The molecule has 1 aromatic rings. The molecule has 0 radical (unpaired) electrons. The molecule has 0 fully saturated rings. The molecule has 0 unspecified atom stereocenters. The van der Waals surface area contributed by atoms with Gasteiger partial charge in [-0.05, 0) is 19.4 Å². The van der Waals surface area contributed by atoms with Gasteiger partial charge in [0.2, 0.25) is 0 Å². The zero-order chi connectivity index (χ0) is 9.68. The van der Waals surface area contributed by atoms with Crippen molar-refractivity contribution in [2.75, 3.05) is 0 Å². The van der Waals surface area contributed by atoms with Gasteiger partial charge in [-0.1, -0.05) is 36.3 Å². The molecule has 2 atom stereocenters. The van der Waals surface area contributed by atoms with Crippen LogP contribution in [0.5, 0.6) is 0 Å². The lowest BCUT2D eigenvalue weighted by atomic mass is 10.1. The van der Waals surface area contributed by atoms with E-state index in [-0.39, 0.29) is 6.04 Å². The van der Waals surface area contributed by atoms with E-state index in [1.54, 1.807) is 0 Å².